The number of likely N-dealkylation sites (tertiary alicyclic amines) is 1. The molecule has 4 atom stereocenters. The van der Waals surface area contributed by atoms with Crippen LogP contribution in [0.5, 0.6) is 11.5 Å². The van der Waals surface area contributed by atoms with Crippen LogP contribution in [0.25, 0.3) is 0 Å². The zero-order valence-corrected chi connectivity index (χ0v) is 19.6. The first-order valence-electron chi connectivity index (χ1n) is 12.1. The van der Waals surface area contributed by atoms with Gasteiger partial charge in [0, 0.05) is 26.7 Å². The minimum absolute atomic E-state index is 0.0354. The van der Waals surface area contributed by atoms with Crippen molar-refractivity contribution in [3.63, 3.8) is 0 Å². The fourth-order valence-corrected chi connectivity index (χ4v) is 5.36. The third-order valence-electron chi connectivity index (χ3n) is 7.11. The number of halogens is 1. The number of ether oxygens (including phenoxy) is 3. The molecule has 5 heteroatoms. The molecule has 4 nitrogen and oxygen atoms in total. The predicted molar refractivity (Wildman–Crippen MR) is 130 cm³/mol. The molecular formula is C29H32FNO3. The molecule has 5 rings (SSSR count). The molecule has 0 aromatic heterocycles. The molecule has 0 bridgehead atoms. The highest BCUT2D eigenvalue weighted by molar-refractivity contribution is 5.29. The molecule has 2 unspecified atom stereocenters. The molecule has 1 saturated carbocycles. The summed E-state index contributed by atoms with van der Waals surface area (Å²) in [5.41, 5.74) is 2.33. The largest absolute Gasteiger partial charge is 0.490 e. The lowest BCUT2D eigenvalue weighted by atomic mass is 10.0. The van der Waals surface area contributed by atoms with E-state index < -0.39 is 0 Å². The summed E-state index contributed by atoms with van der Waals surface area (Å²) < 4.78 is 31.0. The minimum atomic E-state index is -0.228. The highest BCUT2D eigenvalue weighted by Crippen LogP contribution is 2.40. The van der Waals surface area contributed by atoms with Crippen molar-refractivity contribution in [3.8, 4) is 11.5 Å². The van der Waals surface area contributed by atoms with Crippen molar-refractivity contribution in [1.82, 2.24) is 4.90 Å². The van der Waals surface area contributed by atoms with Gasteiger partial charge in [0.15, 0.2) is 0 Å². The van der Waals surface area contributed by atoms with E-state index >= 15 is 0 Å². The number of nitrogens with zero attached hydrogens (tertiary/aromatic N) is 1. The Kier molecular flexibility index (Phi) is 7.12. The summed E-state index contributed by atoms with van der Waals surface area (Å²) in [5.74, 6) is 2.70. The van der Waals surface area contributed by atoms with E-state index in [2.05, 4.69) is 29.2 Å². The standard InChI is InChI=1S/C29H32FNO3/c1-32-29(22-7-11-26(12-8-22)33-20-21-5-3-2-4-6-21)19-31-17-23-15-28(16-24(23)18-31)34-27-13-9-25(30)10-14-27/h2-14,23-24,28-29H,15-20H2,1H3/t23-,24?,28+,29?/m0/s1. The SMILES string of the molecule is COC(CN1CC2C[C@H](Oc3ccc(F)cc3)C[C@H]2C1)c1ccc(OCc2ccccc2)cc1. The molecule has 2 fully saturated rings. The summed E-state index contributed by atoms with van der Waals surface area (Å²) in [4.78, 5) is 2.53. The Morgan fingerprint density at radius 1 is 0.853 bits per heavy atom. The lowest BCUT2D eigenvalue weighted by molar-refractivity contribution is 0.0667. The maximum atomic E-state index is 13.1. The summed E-state index contributed by atoms with van der Waals surface area (Å²) in [6.07, 6.45) is 2.38. The summed E-state index contributed by atoms with van der Waals surface area (Å²) >= 11 is 0. The van der Waals surface area contributed by atoms with E-state index in [1.807, 2.05) is 30.3 Å². The van der Waals surface area contributed by atoms with E-state index in [9.17, 15) is 4.39 Å². The van der Waals surface area contributed by atoms with E-state index in [1.165, 1.54) is 17.7 Å². The zero-order valence-electron chi connectivity index (χ0n) is 19.6. The molecule has 3 aromatic rings. The molecule has 0 amide bonds. The number of benzene rings is 3. The average Bonchev–Trinajstić information content (AvgIpc) is 3.42. The molecule has 178 valence electrons. The quantitative estimate of drug-likeness (QED) is 0.398. The average molecular weight is 462 g/mol. The molecular weight excluding hydrogens is 429 g/mol. The van der Waals surface area contributed by atoms with Crippen LogP contribution in [0.4, 0.5) is 4.39 Å². The molecule has 1 heterocycles. The second-order valence-electron chi connectivity index (χ2n) is 9.47. The third-order valence-corrected chi connectivity index (χ3v) is 7.11. The van der Waals surface area contributed by atoms with Gasteiger partial charge in [-0.15, -0.1) is 0 Å². The van der Waals surface area contributed by atoms with Gasteiger partial charge in [0.25, 0.3) is 0 Å². The van der Waals surface area contributed by atoms with Gasteiger partial charge in [0.05, 0.1) is 12.2 Å². The number of rotatable bonds is 9. The summed E-state index contributed by atoms with van der Waals surface area (Å²) in [7, 11) is 1.79. The Labute approximate surface area is 201 Å². The van der Waals surface area contributed by atoms with Gasteiger partial charge in [-0.05, 0) is 72.2 Å². The maximum Gasteiger partial charge on any atom is 0.123 e. The lowest BCUT2D eigenvalue weighted by Gasteiger charge is -2.25. The molecule has 2 aliphatic rings. The van der Waals surface area contributed by atoms with Crippen LogP contribution in [0.1, 0.15) is 30.1 Å². The van der Waals surface area contributed by atoms with Crippen molar-refractivity contribution in [2.75, 3.05) is 26.7 Å². The van der Waals surface area contributed by atoms with Crippen LogP contribution in [0.15, 0.2) is 78.9 Å². The van der Waals surface area contributed by atoms with Gasteiger partial charge in [-0.2, -0.15) is 0 Å². The van der Waals surface area contributed by atoms with Crippen molar-refractivity contribution in [3.05, 3.63) is 95.8 Å². The summed E-state index contributed by atoms with van der Waals surface area (Å²) in [5, 5.41) is 0. The molecule has 3 aromatic carbocycles. The first-order valence-corrected chi connectivity index (χ1v) is 12.1. The fraction of sp³-hybridized carbons (Fsp3) is 0.379. The molecule has 1 aliphatic heterocycles. The Hall–Kier alpha value is -2.89. The minimum Gasteiger partial charge on any atom is -0.490 e. The van der Waals surface area contributed by atoms with Crippen LogP contribution in [0, 0.1) is 17.7 Å². The number of methoxy groups -OCH3 is 1. The van der Waals surface area contributed by atoms with E-state index in [0.717, 1.165) is 49.5 Å². The summed E-state index contributed by atoms with van der Waals surface area (Å²) in [6, 6.07) is 24.8. The predicted octanol–water partition coefficient (Wildman–Crippen LogP) is 5.88. The van der Waals surface area contributed by atoms with E-state index in [4.69, 9.17) is 14.2 Å². The van der Waals surface area contributed by atoms with Gasteiger partial charge in [0.2, 0.25) is 0 Å². The molecule has 34 heavy (non-hydrogen) atoms. The Bertz CT molecular complexity index is 1030. The lowest BCUT2D eigenvalue weighted by Crippen LogP contribution is -2.29. The van der Waals surface area contributed by atoms with Gasteiger partial charge in [-0.25, -0.2) is 4.39 Å². The highest BCUT2D eigenvalue weighted by atomic mass is 19.1. The number of fused-ring (bicyclic) bond motifs is 1. The van der Waals surface area contributed by atoms with Crippen molar-refractivity contribution >= 4 is 0 Å². The van der Waals surface area contributed by atoms with Crippen LogP contribution >= 0.6 is 0 Å². The molecule has 0 spiro atoms. The first kappa shape index (κ1) is 22.9. The monoisotopic (exact) mass is 461 g/mol. The molecule has 0 N–H and O–H groups in total. The Morgan fingerprint density at radius 2 is 1.50 bits per heavy atom. The van der Waals surface area contributed by atoms with Crippen LogP contribution < -0.4 is 9.47 Å². The van der Waals surface area contributed by atoms with Crippen molar-refractivity contribution in [1.29, 1.82) is 0 Å². The van der Waals surface area contributed by atoms with Gasteiger partial charge >= 0.3 is 0 Å². The fourth-order valence-electron chi connectivity index (χ4n) is 5.36. The van der Waals surface area contributed by atoms with Crippen LogP contribution in [0.3, 0.4) is 0 Å². The van der Waals surface area contributed by atoms with Crippen molar-refractivity contribution in [2.45, 2.75) is 31.7 Å². The first-order chi connectivity index (χ1) is 16.7. The van der Waals surface area contributed by atoms with Gasteiger partial charge in [-0.3, -0.25) is 4.90 Å². The summed E-state index contributed by atoms with van der Waals surface area (Å²) in [6.45, 7) is 3.60. The van der Waals surface area contributed by atoms with Gasteiger partial charge in [0.1, 0.15) is 23.9 Å². The van der Waals surface area contributed by atoms with Gasteiger partial charge < -0.3 is 14.2 Å². The number of hydrogen-bond acceptors (Lipinski definition) is 4. The highest BCUT2D eigenvalue weighted by Gasteiger charge is 2.42. The number of hydrogen-bond donors (Lipinski definition) is 0. The topological polar surface area (TPSA) is 30.9 Å². The third kappa shape index (κ3) is 5.60. The van der Waals surface area contributed by atoms with Crippen LogP contribution in [0.2, 0.25) is 0 Å². The Balaban J connectivity index is 1.10. The maximum absolute atomic E-state index is 13.1. The molecule has 1 aliphatic carbocycles. The Morgan fingerprint density at radius 3 is 2.15 bits per heavy atom. The van der Waals surface area contributed by atoms with Crippen molar-refractivity contribution in [2.24, 2.45) is 11.8 Å². The van der Waals surface area contributed by atoms with E-state index in [0.29, 0.717) is 18.4 Å². The molecule has 1 saturated heterocycles. The zero-order chi connectivity index (χ0) is 23.3. The second-order valence-corrected chi connectivity index (χ2v) is 9.47. The van der Waals surface area contributed by atoms with Crippen LogP contribution in [-0.2, 0) is 11.3 Å². The van der Waals surface area contributed by atoms with Crippen LogP contribution in [-0.4, -0.2) is 37.7 Å². The van der Waals surface area contributed by atoms with E-state index in [1.54, 1.807) is 19.2 Å². The second kappa shape index (κ2) is 10.6. The molecule has 0 radical (unpaired) electrons. The van der Waals surface area contributed by atoms with E-state index in [-0.39, 0.29) is 18.0 Å². The smallest absolute Gasteiger partial charge is 0.123 e. The van der Waals surface area contributed by atoms with Gasteiger partial charge in [-0.1, -0.05) is 42.5 Å². The normalized spacial score (nSPS) is 22.9. The van der Waals surface area contributed by atoms with Crippen molar-refractivity contribution < 1.29 is 18.6 Å².